The number of amides is 1. The van der Waals surface area contributed by atoms with Crippen LogP contribution in [0.15, 0.2) is 52.5 Å². The lowest BCUT2D eigenvalue weighted by Crippen LogP contribution is -2.33. The van der Waals surface area contributed by atoms with Crippen LogP contribution in [-0.2, 0) is 9.59 Å². The molecule has 29 heavy (non-hydrogen) atoms. The number of aliphatic hydroxyl groups is 1. The fourth-order valence-corrected chi connectivity index (χ4v) is 3.76. The van der Waals surface area contributed by atoms with Crippen molar-refractivity contribution in [3.05, 3.63) is 65.1 Å². The topological polar surface area (TPSA) is 74.0 Å². The largest absolute Gasteiger partial charge is 0.507 e. The van der Waals surface area contributed by atoms with Crippen molar-refractivity contribution in [2.75, 3.05) is 26.2 Å². The van der Waals surface area contributed by atoms with E-state index in [1.54, 1.807) is 36.4 Å². The number of nitrogens with zero attached hydrogens (tertiary/aromatic N) is 2. The third-order valence-corrected chi connectivity index (χ3v) is 5.39. The highest BCUT2D eigenvalue weighted by molar-refractivity contribution is 6.46. The Hall–Kier alpha value is -2.86. The van der Waals surface area contributed by atoms with E-state index in [1.165, 1.54) is 4.90 Å². The number of furan rings is 1. The van der Waals surface area contributed by atoms with Crippen LogP contribution in [-0.4, -0.2) is 52.8 Å². The summed E-state index contributed by atoms with van der Waals surface area (Å²) < 4.78 is 5.78. The van der Waals surface area contributed by atoms with Gasteiger partial charge in [0.2, 0.25) is 0 Å². The van der Waals surface area contributed by atoms with Gasteiger partial charge in [0.25, 0.3) is 11.7 Å². The number of carbonyl (C=O) groups is 2. The SMILES string of the molecule is CCN(CC)CCCN1C(=O)C(=O)C(=C(O)c2ccccc2)[C@H]1c1ccc(C)o1. The van der Waals surface area contributed by atoms with E-state index in [4.69, 9.17) is 4.42 Å². The number of rotatable bonds is 8. The van der Waals surface area contributed by atoms with Crippen molar-refractivity contribution in [3.63, 3.8) is 0 Å². The van der Waals surface area contributed by atoms with Gasteiger partial charge in [0, 0.05) is 12.1 Å². The van der Waals surface area contributed by atoms with E-state index in [0.29, 0.717) is 23.6 Å². The number of aryl methyl sites for hydroxylation is 1. The van der Waals surface area contributed by atoms with Gasteiger partial charge in [-0.05, 0) is 45.1 Å². The van der Waals surface area contributed by atoms with Gasteiger partial charge in [-0.2, -0.15) is 0 Å². The molecule has 0 spiro atoms. The molecule has 0 unspecified atom stereocenters. The number of aliphatic hydroxyl groups excluding tert-OH is 1. The molecule has 1 saturated heterocycles. The first-order valence-corrected chi connectivity index (χ1v) is 10.1. The molecule has 2 heterocycles. The van der Waals surface area contributed by atoms with Crippen LogP contribution in [0.2, 0.25) is 0 Å². The summed E-state index contributed by atoms with van der Waals surface area (Å²) in [6.07, 6.45) is 0.732. The molecule has 2 aromatic rings. The summed E-state index contributed by atoms with van der Waals surface area (Å²) in [5, 5.41) is 10.9. The number of likely N-dealkylation sites (tertiary alicyclic amines) is 1. The van der Waals surface area contributed by atoms with E-state index in [0.717, 1.165) is 26.1 Å². The van der Waals surface area contributed by atoms with Crippen molar-refractivity contribution >= 4 is 17.4 Å². The van der Waals surface area contributed by atoms with Crippen LogP contribution in [0.3, 0.4) is 0 Å². The van der Waals surface area contributed by atoms with Gasteiger partial charge >= 0.3 is 0 Å². The third-order valence-electron chi connectivity index (χ3n) is 5.39. The molecule has 6 nitrogen and oxygen atoms in total. The van der Waals surface area contributed by atoms with Crippen LogP contribution in [0.1, 0.15) is 43.4 Å². The Morgan fingerprint density at radius 2 is 1.79 bits per heavy atom. The summed E-state index contributed by atoms with van der Waals surface area (Å²) in [5.74, 6) is -0.265. The van der Waals surface area contributed by atoms with Crippen LogP contribution in [0.5, 0.6) is 0 Å². The minimum absolute atomic E-state index is 0.0818. The molecular formula is C23H28N2O4. The van der Waals surface area contributed by atoms with Crippen LogP contribution >= 0.6 is 0 Å². The lowest BCUT2D eigenvalue weighted by Gasteiger charge is -2.25. The molecule has 1 aromatic carbocycles. The highest BCUT2D eigenvalue weighted by atomic mass is 16.3. The molecule has 3 rings (SSSR count). The Balaban J connectivity index is 1.97. The fraction of sp³-hybridized carbons (Fsp3) is 0.391. The molecule has 1 amide bonds. The zero-order valence-electron chi connectivity index (χ0n) is 17.2. The highest BCUT2D eigenvalue weighted by Gasteiger charge is 2.47. The van der Waals surface area contributed by atoms with Gasteiger partial charge in [-0.3, -0.25) is 9.59 Å². The smallest absolute Gasteiger partial charge is 0.295 e. The van der Waals surface area contributed by atoms with E-state index in [9.17, 15) is 14.7 Å². The number of Topliss-reactive ketones (excluding diaryl/α,β-unsaturated/α-hetero) is 1. The van der Waals surface area contributed by atoms with Crippen LogP contribution in [0.4, 0.5) is 0 Å². The maximum Gasteiger partial charge on any atom is 0.295 e. The van der Waals surface area contributed by atoms with Crippen molar-refractivity contribution in [3.8, 4) is 0 Å². The zero-order chi connectivity index (χ0) is 21.0. The van der Waals surface area contributed by atoms with Gasteiger partial charge in [-0.25, -0.2) is 0 Å². The van der Waals surface area contributed by atoms with Crippen molar-refractivity contribution in [2.45, 2.75) is 33.2 Å². The second-order valence-electron chi connectivity index (χ2n) is 7.19. The molecular weight excluding hydrogens is 368 g/mol. The maximum atomic E-state index is 12.9. The molecule has 1 N–H and O–H groups in total. The number of hydrogen-bond donors (Lipinski definition) is 1. The zero-order valence-corrected chi connectivity index (χ0v) is 17.2. The van der Waals surface area contributed by atoms with Crippen molar-refractivity contribution in [1.82, 2.24) is 9.80 Å². The minimum atomic E-state index is -0.722. The normalized spacial score (nSPS) is 18.8. The first-order valence-electron chi connectivity index (χ1n) is 10.1. The molecule has 1 aromatic heterocycles. The van der Waals surface area contributed by atoms with E-state index in [2.05, 4.69) is 18.7 Å². The first-order chi connectivity index (χ1) is 14.0. The summed E-state index contributed by atoms with van der Waals surface area (Å²) in [4.78, 5) is 29.5. The van der Waals surface area contributed by atoms with Gasteiger partial charge in [0.1, 0.15) is 23.3 Å². The molecule has 1 fully saturated rings. The van der Waals surface area contributed by atoms with Crippen molar-refractivity contribution in [2.24, 2.45) is 0 Å². The molecule has 6 heteroatoms. The number of hydrogen-bond acceptors (Lipinski definition) is 5. The molecule has 0 aliphatic carbocycles. The van der Waals surface area contributed by atoms with Crippen LogP contribution in [0.25, 0.3) is 5.76 Å². The van der Waals surface area contributed by atoms with E-state index in [-0.39, 0.29) is 11.3 Å². The second-order valence-corrected chi connectivity index (χ2v) is 7.19. The van der Waals surface area contributed by atoms with Gasteiger partial charge in [-0.1, -0.05) is 44.2 Å². The average molecular weight is 396 g/mol. The Labute approximate surface area is 171 Å². The standard InChI is InChI=1S/C23H28N2O4/c1-4-24(5-2)14-9-15-25-20(18-13-12-16(3)29-18)19(22(27)23(25)28)21(26)17-10-7-6-8-11-17/h6-8,10-13,20,26H,4-5,9,14-15H2,1-3H3/t20-/m1/s1. The third kappa shape index (κ3) is 4.27. The lowest BCUT2D eigenvalue weighted by atomic mass is 9.99. The lowest BCUT2D eigenvalue weighted by molar-refractivity contribution is -0.140. The number of carbonyl (C=O) groups excluding carboxylic acids is 2. The van der Waals surface area contributed by atoms with E-state index < -0.39 is 17.7 Å². The summed E-state index contributed by atoms with van der Waals surface area (Å²) in [5.41, 5.74) is 0.584. The number of benzene rings is 1. The summed E-state index contributed by atoms with van der Waals surface area (Å²) >= 11 is 0. The quantitative estimate of drug-likeness (QED) is 0.418. The average Bonchev–Trinajstić information content (AvgIpc) is 3.27. The van der Waals surface area contributed by atoms with Crippen molar-refractivity contribution < 1.29 is 19.1 Å². The van der Waals surface area contributed by atoms with E-state index in [1.807, 2.05) is 13.0 Å². The fourth-order valence-electron chi connectivity index (χ4n) is 3.76. The Bertz CT molecular complexity index is 897. The molecule has 1 atom stereocenters. The van der Waals surface area contributed by atoms with Gasteiger partial charge in [0.15, 0.2) is 0 Å². The number of ketones is 1. The Kier molecular flexibility index (Phi) is 6.54. The summed E-state index contributed by atoms with van der Waals surface area (Å²) in [7, 11) is 0. The Morgan fingerprint density at radius 3 is 2.38 bits per heavy atom. The van der Waals surface area contributed by atoms with Gasteiger partial charge in [-0.15, -0.1) is 0 Å². The molecule has 0 radical (unpaired) electrons. The molecule has 1 aliphatic rings. The predicted molar refractivity (Wildman–Crippen MR) is 111 cm³/mol. The van der Waals surface area contributed by atoms with E-state index >= 15 is 0 Å². The monoisotopic (exact) mass is 396 g/mol. The van der Waals surface area contributed by atoms with Gasteiger partial charge in [0.05, 0.1) is 5.57 Å². The first kappa shape index (κ1) is 20.9. The van der Waals surface area contributed by atoms with Crippen LogP contribution < -0.4 is 0 Å². The summed E-state index contributed by atoms with van der Waals surface area (Å²) in [6, 6.07) is 11.7. The maximum absolute atomic E-state index is 12.9. The van der Waals surface area contributed by atoms with Crippen LogP contribution in [0, 0.1) is 6.92 Å². The predicted octanol–water partition coefficient (Wildman–Crippen LogP) is 3.74. The molecule has 1 aliphatic heterocycles. The Morgan fingerprint density at radius 1 is 1.10 bits per heavy atom. The molecule has 0 bridgehead atoms. The molecule has 0 saturated carbocycles. The van der Waals surface area contributed by atoms with Gasteiger partial charge < -0.3 is 19.3 Å². The summed E-state index contributed by atoms with van der Waals surface area (Å²) in [6.45, 7) is 9.12. The minimum Gasteiger partial charge on any atom is -0.507 e. The second kappa shape index (κ2) is 9.09. The highest BCUT2D eigenvalue weighted by Crippen LogP contribution is 2.40. The molecule has 154 valence electrons. The van der Waals surface area contributed by atoms with Crippen molar-refractivity contribution in [1.29, 1.82) is 0 Å².